The van der Waals surface area contributed by atoms with Crippen molar-refractivity contribution in [2.24, 2.45) is 0 Å². The molecule has 4 nitrogen and oxygen atoms in total. The van der Waals surface area contributed by atoms with Crippen molar-refractivity contribution in [1.29, 1.82) is 0 Å². The molecule has 0 bridgehead atoms. The fourth-order valence-corrected chi connectivity index (χ4v) is 0.824. The van der Waals surface area contributed by atoms with Crippen LogP contribution in [0.5, 0.6) is 0 Å². The Kier molecular flexibility index (Phi) is 7.63. The molecule has 0 aromatic rings. The van der Waals surface area contributed by atoms with Crippen molar-refractivity contribution in [2.45, 2.75) is 32.8 Å². The number of amides is 1. The van der Waals surface area contributed by atoms with Gasteiger partial charge in [-0.2, -0.15) is 0 Å². The zero-order chi connectivity index (χ0) is 10.1. The zero-order valence-corrected chi connectivity index (χ0v) is 8.47. The second-order valence-corrected chi connectivity index (χ2v) is 3.04. The van der Waals surface area contributed by atoms with Crippen LogP contribution in [0, 0.1) is 0 Å². The van der Waals surface area contributed by atoms with Gasteiger partial charge in [-0.05, 0) is 12.8 Å². The molecule has 0 aliphatic carbocycles. The summed E-state index contributed by atoms with van der Waals surface area (Å²) in [6, 6.07) is 0. The zero-order valence-electron chi connectivity index (χ0n) is 8.47. The summed E-state index contributed by atoms with van der Waals surface area (Å²) in [4.78, 5) is 11.0. The fraction of sp³-hybridized carbons (Fsp3) is 0.889. The first-order valence-corrected chi connectivity index (χ1v) is 4.86. The first-order chi connectivity index (χ1) is 6.20. The monoisotopic (exact) mass is 188 g/mol. The van der Waals surface area contributed by atoms with Gasteiger partial charge in [-0.15, -0.1) is 0 Å². The molecule has 0 heterocycles. The third-order valence-corrected chi connectivity index (χ3v) is 1.71. The number of hydrogen-bond acceptors (Lipinski definition) is 3. The topological polar surface area (TPSA) is 61.4 Å². The van der Waals surface area contributed by atoms with E-state index in [9.17, 15) is 4.79 Å². The van der Waals surface area contributed by atoms with Gasteiger partial charge in [0.2, 0.25) is 5.91 Å². The lowest BCUT2D eigenvalue weighted by Gasteiger charge is -2.09. The van der Waals surface area contributed by atoms with Crippen molar-refractivity contribution >= 4 is 5.91 Å². The van der Waals surface area contributed by atoms with E-state index in [2.05, 4.69) is 10.6 Å². The van der Waals surface area contributed by atoms with Crippen LogP contribution in [0.2, 0.25) is 0 Å². The first-order valence-electron chi connectivity index (χ1n) is 4.86. The summed E-state index contributed by atoms with van der Waals surface area (Å²) in [6.45, 7) is 5.40. The molecule has 0 aromatic heterocycles. The van der Waals surface area contributed by atoms with Crippen LogP contribution in [0.25, 0.3) is 0 Å². The minimum absolute atomic E-state index is 0.00912. The molecule has 1 amide bonds. The molecule has 78 valence electrons. The Morgan fingerprint density at radius 3 is 2.69 bits per heavy atom. The summed E-state index contributed by atoms with van der Waals surface area (Å²) < 4.78 is 0. The van der Waals surface area contributed by atoms with E-state index in [4.69, 9.17) is 5.11 Å². The average molecular weight is 188 g/mol. The number of rotatable bonds is 7. The van der Waals surface area contributed by atoms with Gasteiger partial charge in [0.1, 0.15) is 0 Å². The minimum atomic E-state index is -0.348. The molecule has 0 aliphatic rings. The van der Waals surface area contributed by atoms with Gasteiger partial charge >= 0.3 is 0 Å². The van der Waals surface area contributed by atoms with Gasteiger partial charge in [0, 0.05) is 13.1 Å². The maximum absolute atomic E-state index is 11.0. The summed E-state index contributed by atoms with van der Waals surface area (Å²) in [5.41, 5.74) is 0. The van der Waals surface area contributed by atoms with Gasteiger partial charge in [-0.1, -0.05) is 13.8 Å². The molecular weight excluding hydrogens is 168 g/mol. The molecule has 0 aromatic carbocycles. The largest absolute Gasteiger partial charge is 0.392 e. The van der Waals surface area contributed by atoms with Crippen LogP contribution in [0.3, 0.4) is 0 Å². The minimum Gasteiger partial charge on any atom is -0.392 e. The lowest BCUT2D eigenvalue weighted by atomic mass is 10.3. The molecule has 1 unspecified atom stereocenters. The fourth-order valence-electron chi connectivity index (χ4n) is 0.824. The van der Waals surface area contributed by atoms with E-state index in [1.807, 2.05) is 13.8 Å². The lowest BCUT2D eigenvalue weighted by Crippen LogP contribution is -2.37. The second kappa shape index (κ2) is 8.01. The number of nitrogens with one attached hydrogen (secondary N) is 2. The normalized spacial score (nSPS) is 12.5. The predicted octanol–water partition coefficient (Wildman–Crippen LogP) is -0.127. The maximum Gasteiger partial charge on any atom is 0.233 e. The molecule has 0 fully saturated rings. The van der Waals surface area contributed by atoms with E-state index in [1.54, 1.807) is 0 Å². The molecule has 0 rings (SSSR count). The highest BCUT2D eigenvalue weighted by Crippen LogP contribution is 1.85. The van der Waals surface area contributed by atoms with Crippen LogP contribution in [-0.2, 0) is 4.79 Å². The van der Waals surface area contributed by atoms with Crippen LogP contribution < -0.4 is 10.6 Å². The van der Waals surface area contributed by atoms with Crippen molar-refractivity contribution < 1.29 is 9.90 Å². The molecule has 13 heavy (non-hydrogen) atoms. The van der Waals surface area contributed by atoms with Crippen LogP contribution in [0.4, 0.5) is 0 Å². The number of hydrogen-bond donors (Lipinski definition) is 3. The third-order valence-electron chi connectivity index (χ3n) is 1.71. The van der Waals surface area contributed by atoms with E-state index < -0.39 is 0 Å². The molecule has 3 N–H and O–H groups in total. The highest BCUT2D eigenvalue weighted by molar-refractivity contribution is 5.77. The molecule has 0 spiro atoms. The van der Waals surface area contributed by atoms with Gasteiger partial charge < -0.3 is 15.7 Å². The van der Waals surface area contributed by atoms with Crippen LogP contribution >= 0.6 is 0 Å². The van der Waals surface area contributed by atoms with Crippen molar-refractivity contribution in [2.75, 3.05) is 19.6 Å². The lowest BCUT2D eigenvalue weighted by molar-refractivity contribution is -0.120. The number of carbonyl (C=O) groups is 1. The van der Waals surface area contributed by atoms with Crippen molar-refractivity contribution in [3.8, 4) is 0 Å². The van der Waals surface area contributed by atoms with E-state index in [0.29, 0.717) is 13.0 Å². The first kappa shape index (κ1) is 12.4. The molecule has 0 aliphatic heterocycles. The molecule has 0 saturated carbocycles. The smallest absolute Gasteiger partial charge is 0.233 e. The van der Waals surface area contributed by atoms with Crippen molar-refractivity contribution in [1.82, 2.24) is 10.6 Å². The Morgan fingerprint density at radius 2 is 2.15 bits per heavy atom. The maximum atomic E-state index is 11.0. The Labute approximate surface area is 79.7 Å². The Hall–Kier alpha value is -0.610. The van der Waals surface area contributed by atoms with Crippen molar-refractivity contribution in [3.05, 3.63) is 0 Å². The quantitative estimate of drug-likeness (QED) is 0.521. The Bertz CT molecular complexity index is 140. The summed E-state index contributed by atoms with van der Waals surface area (Å²) in [7, 11) is 0. The molecule has 0 radical (unpaired) electrons. The van der Waals surface area contributed by atoms with E-state index in [1.165, 1.54) is 0 Å². The Morgan fingerprint density at radius 1 is 1.46 bits per heavy atom. The summed E-state index contributed by atoms with van der Waals surface area (Å²) in [5.74, 6) is -0.00912. The number of carbonyl (C=O) groups excluding carboxylic acids is 1. The van der Waals surface area contributed by atoms with Gasteiger partial charge in [0.25, 0.3) is 0 Å². The van der Waals surface area contributed by atoms with Crippen LogP contribution in [-0.4, -0.2) is 36.8 Å². The van der Waals surface area contributed by atoms with Gasteiger partial charge in [-0.3, -0.25) is 4.79 Å². The predicted molar refractivity (Wildman–Crippen MR) is 52.5 cm³/mol. The summed E-state index contributed by atoms with van der Waals surface area (Å²) in [6.07, 6.45) is 1.31. The van der Waals surface area contributed by atoms with Crippen LogP contribution in [0.1, 0.15) is 26.7 Å². The second-order valence-electron chi connectivity index (χ2n) is 3.04. The molecule has 4 heteroatoms. The molecular formula is C9H20N2O2. The molecule has 0 saturated heterocycles. The van der Waals surface area contributed by atoms with Crippen molar-refractivity contribution in [3.63, 3.8) is 0 Å². The average Bonchev–Trinajstić information content (AvgIpc) is 2.14. The summed E-state index contributed by atoms with van der Waals surface area (Å²) in [5, 5.41) is 14.8. The van der Waals surface area contributed by atoms with Crippen LogP contribution in [0.15, 0.2) is 0 Å². The van der Waals surface area contributed by atoms with Gasteiger partial charge in [-0.25, -0.2) is 0 Å². The van der Waals surface area contributed by atoms with Gasteiger partial charge in [0.15, 0.2) is 0 Å². The van der Waals surface area contributed by atoms with Gasteiger partial charge in [0.05, 0.1) is 12.6 Å². The number of aliphatic hydroxyl groups excluding tert-OH is 1. The van der Waals surface area contributed by atoms with E-state index in [-0.39, 0.29) is 18.6 Å². The molecule has 1 atom stereocenters. The number of aliphatic hydroxyl groups is 1. The highest BCUT2D eigenvalue weighted by Gasteiger charge is 2.02. The standard InChI is InChI=1S/C9H20N2O2/c1-3-5-11-9(13)7-10-6-8(12)4-2/h8,10,12H,3-7H2,1-2H3,(H,11,13). The van der Waals surface area contributed by atoms with E-state index in [0.717, 1.165) is 13.0 Å². The SMILES string of the molecule is CCCNC(=O)CNCC(O)CC. The summed E-state index contributed by atoms with van der Waals surface area (Å²) >= 11 is 0. The highest BCUT2D eigenvalue weighted by atomic mass is 16.3. The third kappa shape index (κ3) is 7.74. The van der Waals surface area contributed by atoms with E-state index >= 15 is 0 Å². The Balaban J connectivity index is 3.26.